The summed E-state index contributed by atoms with van der Waals surface area (Å²) in [5.74, 6) is 0. The van der Waals surface area contributed by atoms with E-state index in [9.17, 15) is 4.79 Å². The summed E-state index contributed by atoms with van der Waals surface area (Å²) in [7, 11) is 0. The Hall–Kier alpha value is -2.24. The SMILES string of the molecule is CC(C)(C)C(CNc1nc2ccccc2o1)OC(N)=O. The number of nitrogens with zero attached hydrogens (tertiary/aromatic N) is 1. The summed E-state index contributed by atoms with van der Waals surface area (Å²) in [6.45, 7) is 6.27. The van der Waals surface area contributed by atoms with E-state index in [1.165, 1.54) is 0 Å². The van der Waals surface area contributed by atoms with E-state index in [2.05, 4.69) is 10.3 Å². The maximum atomic E-state index is 10.9. The van der Waals surface area contributed by atoms with Crippen LogP contribution in [0.3, 0.4) is 0 Å². The molecule has 0 spiro atoms. The number of hydrogen-bond donors (Lipinski definition) is 2. The van der Waals surface area contributed by atoms with E-state index in [1.54, 1.807) is 0 Å². The molecule has 108 valence electrons. The molecule has 1 heterocycles. The van der Waals surface area contributed by atoms with Crippen molar-refractivity contribution in [1.29, 1.82) is 0 Å². The largest absolute Gasteiger partial charge is 0.444 e. The van der Waals surface area contributed by atoms with Crippen LogP contribution < -0.4 is 11.1 Å². The minimum Gasteiger partial charge on any atom is -0.444 e. The number of carbonyl (C=O) groups is 1. The number of oxazole rings is 1. The van der Waals surface area contributed by atoms with E-state index in [0.717, 1.165) is 5.52 Å². The van der Waals surface area contributed by atoms with Crippen molar-refractivity contribution in [3.63, 3.8) is 0 Å². The second-order valence-corrected chi connectivity index (χ2v) is 5.66. The Morgan fingerprint density at radius 3 is 2.75 bits per heavy atom. The number of primary amides is 1. The molecule has 1 aromatic heterocycles. The average Bonchev–Trinajstić information content (AvgIpc) is 2.75. The van der Waals surface area contributed by atoms with Crippen LogP contribution >= 0.6 is 0 Å². The molecule has 2 rings (SSSR count). The van der Waals surface area contributed by atoms with Crippen LogP contribution in [0.2, 0.25) is 0 Å². The molecule has 6 heteroatoms. The van der Waals surface area contributed by atoms with E-state index in [0.29, 0.717) is 18.1 Å². The fourth-order valence-electron chi connectivity index (χ4n) is 1.79. The van der Waals surface area contributed by atoms with E-state index in [-0.39, 0.29) is 11.5 Å². The lowest BCUT2D eigenvalue weighted by atomic mass is 9.89. The van der Waals surface area contributed by atoms with Gasteiger partial charge in [-0.2, -0.15) is 4.98 Å². The second-order valence-electron chi connectivity index (χ2n) is 5.66. The minimum atomic E-state index is -0.788. The number of ether oxygens (including phenoxy) is 1. The normalized spacial score (nSPS) is 13.2. The molecule has 1 unspecified atom stereocenters. The predicted octanol–water partition coefficient (Wildman–Crippen LogP) is 2.75. The van der Waals surface area contributed by atoms with Gasteiger partial charge in [0.05, 0.1) is 6.54 Å². The Morgan fingerprint density at radius 2 is 2.15 bits per heavy atom. The zero-order valence-electron chi connectivity index (χ0n) is 11.8. The fraction of sp³-hybridized carbons (Fsp3) is 0.429. The highest BCUT2D eigenvalue weighted by Gasteiger charge is 2.28. The van der Waals surface area contributed by atoms with Gasteiger partial charge in [0.25, 0.3) is 6.01 Å². The van der Waals surface area contributed by atoms with Crippen LogP contribution in [0, 0.1) is 5.41 Å². The maximum Gasteiger partial charge on any atom is 0.404 e. The lowest BCUT2D eigenvalue weighted by Gasteiger charge is -2.29. The lowest BCUT2D eigenvalue weighted by molar-refractivity contribution is 0.0454. The van der Waals surface area contributed by atoms with Crippen LogP contribution in [-0.4, -0.2) is 23.7 Å². The number of benzene rings is 1. The monoisotopic (exact) mass is 277 g/mol. The van der Waals surface area contributed by atoms with Gasteiger partial charge in [-0.05, 0) is 12.1 Å². The highest BCUT2D eigenvalue weighted by molar-refractivity contribution is 5.74. The minimum absolute atomic E-state index is 0.242. The van der Waals surface area contributed by atoms with Gasteiger partial charge in [0.1, 0.15) is 11.6 Å². The molecule has 6 nitrogen and oxygen atoms in total. The van der Waals surface area contributed by atoms with Gasteiger partial charge in [0, 0.05) is 5.41 Å². The van der Waals surface area contributed by atoms with Crippen LogP contribution in [0.5, 0.6) is 0 Å². The molecule has 2 aromatic rings. The predicted molar refractivity (Wildman–Crippen MR) is 76.4 cm³/mol. The Labute approximate surface area is 117 Å². The van der Waals surface area contributed by atoms with Gasteiger partial charge >= 0.3 is 6.09 Å². The first-order chi connectivity index (χ1) is 9.36. The topological polar surface area (TPSA) is 90.4 Å². The highest BCUT2D eigenvalue weighted by atomic mass is 16.6. The molecule has 0 fully saturated rings. The summed E-state index contributed by atoms with van der Waals surface area (Å²) in [6.07, 6.45) is -1.17. The van der Waals surface area contributed by atoms with Gasteiger partial charge in [-0.3, -0.25) is 0 Å². The van der Waals surface area contributed by atoms with Crippen molar-refractivity contribution in [2.45, 2.75) is 26.9 Å². The Morgan fingerprint density at radius 1 is 1.45 bits per heavy atom. The van der Waals surface area contributed by atoms with Crippen molar-refractivity contribution in [3.05, 3.63) is 24.3 Å². The van der Waals surface area contributed by atoms with Crippen LogP contribution in [0.25, 0.3) is 11.1 Å². The number of fused-ring (bicyclic) bond motifs is 1. The number of rotatable bonds is 4. The van der Waals surface area contributed by atoms with E-state index in [1.807, 2.05) is 45.0 Å². The molecule has 0 radical (unpaired) electrons. The summed E-state index contributed by atoms with van der Waals surface area (Å²) in [6, 6.07) is 7.88. The number of carbonyl (C=O) groups excluding carboxylic acids is 1. The molecule has 0 aliphatic rings. The molecule has 0 aliphatic heterocycles. The number of aromatic nitrogens is 1. The third-order valence-corrected chi connectivity index (χ3v) is 2.96. The summed E-state index contributed by atoms with van der Waals surface area (Å²) in [4.78, 5) is 15.2. The number of anilines is 1. The number of nitrogens with two attached hydrogens (primary N) is 1. The number of nitrogens with one attached hydrogen (secondary N) is 1. The molecule has 1 amide bonds. The van der Waals surface area contributed by atoms with E-state index >= 15 is 0 Å². The molecule has 0 aliphatic carbocycles. The first-order valence-electron chi connectivity index (χ1n) is 6.42. The molecule has 0 bridgehead atoms. The summed E-state index contributed by atoms with van der Waals surface area (Å²) < 4.78 is 10.7. The van der Waals surface area contributed by atoms with Gasteiger partial charge < -0.3 is 20.2 Å². The van der Waals surface area contributed by atoms with E-state index in [4.69, 9.17) is 14.9 Å². The summed E-state index contributed by atoms with van der Waals surface area (Å²) in [5, 5.41) is 3.04. The van der Waals surface area contributed by atoms with Crippen molar-refractivity contribution in [1.82, 2.24) is 4.98 Å². The third-order valence-electron chi connectivity index (χ3n) is 2.96. The molecule has 3 N–H and O–H groups in total. The van der Waals surface area contributed by atoms with Crippen molar-refractivity contribution in [2.75, 3.05) is 11.9 Å². The first-order valence-corrected chi connectivity index (χ1v) is 6.42. The zero-order chi connectivity index (χ0) is 14.8. The Bertz CT molecular complexity index is 568. The fourth-order valence-corrected chi connectivity index (χ4v) is 1.79. The molecule has 1 aromatic carbocycles. The second kappa shape index (κ2) is 5.40. The van der Waals surface area contributed by atoms with Crippen LogP contribution in [0.4, 0.5) is 10.8 Å². The van der Waals surface area contributed by atoms with Gasteiger partial charge in [-0.25, -0.2) is 4.79 Å². The van der Waals surface area contributed by atoms with Crippen molar-refractivity contribution >= 4 is 23.2 Å². The lowest BCUT2D eigenvalue weighted by Crippen LogP contribution is -2.39. The van der Waals surface area contributed by atoms with Gasteiger partial charge in [-0.15, -0.1) is 0 Å². The van der Waals surface area contributed by atoms with Crippen LogP contribution in [0.15, 0.2) is 28.7 Å². The zero-order valence-corrected chi connectivity index (χ0v) is 11.8. The Balaban J connectivity index is 2.06. The summed E-state index contributed by atoms with van der Waals surface area (Å²) >= 11 is 0. The van der Waals surface area contributed by atoms with Crippen molar-refractivity contribution in [2.24, 2.45) is 11.1 Å². The van der Waals surface area contributed by atoms with E-state index < -0.39 is 6.09 Å². The number of amides is 1. The van der Waals surface area contributed by atoms with Crippen LogP contribution in [0.1, 0.15) is 20.8 Å². The van der Waals surface area contributed by atoms with Crippen molar-refractivity contribution in [3.8, 4) is 0 Å². The summed E-state index contributed by atoms with van der Waals surface area (Å²) in [5.41, 5.74) is 6.33. The number of hydrogen-bond acceptors (Lipinski definition) is 5. The molecule has 20 heavy (non-hydrogen) atoms. The molecular formula is C14H19N3O3. The number of para-hydroxylation sites is 2. The molecular weight excluding hydrogens is 258 g/mol. The third kappa shape index (κ3) is 3.40. The smallest absolute Gasteiger partial charge is 0.404 e. The molecule has 0 saturated heterocycles. The molecule has 1 atom stereocenters. The first kappa shape index (κ1) is 14.2. The quantitative estimate of drug-likeness (QED) is 0.896. The maximum absolute atomic E-state index is 10.9. The van der Waals surface area contributed by atoms with Gasteiger partial charge in [-0.1, -0.05) is 32.9 Å². The van der Waals surface area contributed by atoms with Crippen LogP contribution in [-0.2, 0) is 4.74 Å². The Kier molecular flexibility index (Phi) is 3.83. The standard InChI is InChI=1S/C14H19N3O3/c1-14(2,3)11(20-12(15)18)8-16-13-17-9-6-4-5-7-10(9)19-13/h4-7,11H,8H2,1-3H3,(H2,15,18)(H,16,17). The van der Waals surface area contributed by atoms with Crippen molar-refractivity contribution < 1.29 is 13.9 Å². The average molecular weight is 277 g/mol. The highest BCUT2D eigenvalue weighted by Crippen LogP contribution is 2.24. The van der Waals surface area contributed by atoms with Gasteiger partial charge in [0.15, 0.2) is 5.58 Å². The molecule has 0 saturated carbocycles. The van der Waals surface area contributed by atoms with Gasteiger partial charge in [0.2, 0.25) is 0 Å².